The second-order valence-corrected chi connectivity index (χ2v) is 3.46. The minimum absolute atomic E-state index is 0.553. The van der Waals surface area contributed by atoms with Gasteiger partial charge in [-0.3, -0.25) is 9.48 Å². The molecule has 0 aliphatic carbocycles. The number of carboxylic acid groups (broad SMARTS) is 1. The lowest BCUT2D eigenvalue weighted by Crippen LogP contribution is -2.40. The van der Waals surface area contributed by atoms with E-state index in [0.29, 0.717) is 11.4 Å². The van der Waals surface area contributed by atoms with Gasteiger partial charge in [-0.15, -0.1) is 0 Å². The Morgan fingerprint density at radius 1 is 1.56 bits per heavy atom. The molecule has 1 atom stereocenters. The van der Waals surface area contributed by atoms with Crippen LogP contribution in [0.2, 0.25) is 0 Å². The summed E-state index contributed by atoms with van der Waals surface area (Å²) in [7, 11) is 1.73. The molecule has 3 N–H and O–H groups in total. The standard InChI is InChI=1S/C9H14N4O3/c1-5-7(4-13(3)12-5)11-9(16)10-6(2)8(14)15/h4,6H,1-3H3,(H,14,15)(H2,10,11,16)/t6-/m0/s1. The van der Waals surface area contributed by atoms with Crippen molar-refractivity contribution >= 4 is 17.7 Å². The molecule has 0 aromatic carbocycles. The van der Waals surface area contributed by atoms with Crippen molar-refractivity contribution in [1.29, 1.82) is 0 Å². The Morgan fingerprint density at radius 2 is 2.19 bits per heavy atom. The lowest BCUT2D eigenvalue weighted by atomic mass is 10.3. The molecule has 0 bridgehead atoms. The van der Waals surface area contributed by atoms with Gasteiger partial charge in [0, 0.05) is 13.2 Å². The van der Waals surface area contributed by atoms with Gasteiger partial charge in [-0.2, -0.15) is 5.10 Å². The van der Waals surface area contributed by atoms with E-state index in [0.717, 1.165) is 0 Å². The number of aliphatic carboxylic acids is 1. The summed E-state index contributed by atoms with van der Waals surface area (Å²) in [6.45, 7) is 3.13. The van der Waals surface area contributed by atoms with E-state index in [1.54, 1.807) is 24.9 Å². The Morgan fingerprint density at radius 3 is 2.62 bits per heavy atom. The normalized spacial score (nSPS) is 11.9. The molecule has 0 aliphatic rings. The van der Waals surface area contributed by atoms with E-state index in [2.05, 4.69) is 15.7 Å². The Bertz CT molecular complexity index is 413. The number of amides is 2. The summed E-state index contributed by atoms with van der Waals surface area (Å²) in [4.78, 5) is 21.9. The third-order valence-corrected chi connectivity index (χ3v) is 1.98. The van der Waals surface area contributed by atoms with Crippen LogP contribution < -0.4 is 10.6 Å². The number of hydrogen-bond donors (Lipinski definition) is 3. The van der Waals surface area contributed by atoms with Gasteiger partial charge in [0.1, 0.15) is 6.04 Å². The van der Waals surface area contributed by atoms with Gasteiger partial charge in [0.15, 0.2) is 0 Å². The first-order valence-corrected chi connectivity index (χ1v) is 4.70. The van der Waals surface area contributed by atoms with E-state index >= 15 is 0 Å². The van der Waals surface area contributed by atoms with Crippen LogP contribution in [0.1, 0.15) is 12.6 Å². The number of rotatable bonds is 3. The molecule has 7 heteroatoms. The van der Waals surface area contributed by atoms with Crippen molar-refractivity contribution in [1.82, 2.24) is 15.1 Å². The summed E-state index contributed by atoms with van der Waals surface area (Å²) in [6.07, 6.45) is 1.64. The number of carboxylic acids is 1. The molecule has 1 heterocycles. The Balaban J connectivity index is 2.58. The molecule has 0 radical (unpaired) electrons. The predicted octanol–water partition coefficient (Wildman–Crippen LogP) is 0.323. The van der Waals surface area contributed by atoms with Crippen molar-refractivity contribution < 1.29 is 14.7 Å². The Labute approximate surface area is 92.4 Å². The number of nitrogens with one attached hydrogen (secondary N) is 2. The zero-order valence-corrected chi connectivity index (χ0v) is 9.31. The van der Waals surface area contributed by atoms with Crippen molar-refractivity contribution in [2.24, 2.45) is 7.05 Å². The number of aromatic nitrogens is 2. The first kappa shape index (κ1) is 12.0. The molecule has 0 spiro atoms. The van der Waals surface area contributed by atoms with Crippen LogP contribution >= 0.6 is 0 Å². The lowest BCUT2D eigenvalue weighted by Gasteiger charge is -2.09. The molecule has 1 aromatic heterocycles. The van der Waals surface area contributed by atoms with Crippen LogP contribution in [0, 0.1) is 6.92 Å². The van der Waals surface area contributed by atoms with Crippen LogP contribution in [-0.2, 0) is 11.8 Å². The molecule has 0 saturated heterocycles. The van der Waals surface area contributed by atoms with Gasteiger partial charge in [0.25, 0.3) is 0 Å². The van der Waals surface area contributed by atoms with Crippen LogP contribution in [0.5, 0.6) is 0 Å². The molecule has 88 valence electrons. The van der Waals surface area contributed by atoms with Gasteiger partial charge in [-0.1, -0.05) is 0 Å². The van der Waals surface area contributed by atoms with Gasteiger partial charge in [-0.05, 0) is 13.8 Å². The van der Waals surface area contributed by atoms with Crippen molar-refractivity contribution in [3.63, 3.8) is 0 Å². The molecular formula is C9H14N4O3. The summed E-state index contributed by atoms with van der Waals surface area (Å²) in [5.74, 6) is -1.09. The van der Waals surface area contributed by atoms with Gasteiger partial charge >= 0.3 is 12.0 Å². The van der Waals surface area contributed by atoms with Crippen LogP contribution in [0.15, 0.2) is 6.20 Å². The van der Waals surface area contributed by atoms with Crippen molar-refractivity contribution in [2.75, 3.05) is 5.32 Å². The van der Waals surface area contributed by atoms with Crippen LogP contribution in [-0.4, -0.2) is 32.9 Å². The van der Waals surface area contributed by atoms with Gasteiger partial charge in [-0.25, -0.2) is 4.79 Å². The molecular weight excluding hydrogens is 212 g/mol. The fraction of sp³-hybridized carbons (Fsp3) is 0.444. The zero-order chi connectivity index (χ0) is 12.3. The SMILES string of the molecule is Cc1nn(C)cc1NC(=O)N[C@@H](C)C(=O)O. The van der Waals surface area contributed by atoms with Crippen molar-refractivity contribution in [3.8, 4) is 0 Å². The number of hydrogen-bond acceptors (Lipinski definition) is 3. The maximum Gasteiger partial charge on any atom is 0.325 e. The van der Waals surface area contributed by atoms with Crippen LogP contribution in [0.3, 0.4) is 0 Å². The lowest BCUT2D eigenvalue weighted by molar-refractivity contribution is -0.138. The molecule has 0 aliphatic heterocycles. The Hall–Kier alpha value is -2.05. The molecule has 0 unspecified atom stereocenters. The first-order chi connectivity index (χ1) is 7.40. The van der Waals surface area contributed by atoms with E-state index in [-0.39, 0.29) is 0 Å². The zero-order valence-electron chi connectivity index (χ0n) is 9.31. The van der Waals surface area contributed by atoms with Gasteiger partial charge < -0.3 is 15.7 Å². The molecule has 1 rings (SSSR count). The molecule has 0 fully saturated rings. The highest BCUT2D eigenvalue weighted by Gasteiger charge is 2.14. The summed E-state index contributed by atoms with van der Waals surface area (Å²) in [5.41, 5.74) is 1.22. The van der Waals surface area contributed by atoms with E-state index in [1.165, 1.54) is 6.92 Å². The molecule has 7 nitrogen and oxygen atoms in total. The third kappa shape index (κ3) is 2.97. The summed E-state index contributed by atoms with van der Waals surface area (Å²) in [5, 5.41) is 17.4. The maximum absolute atomic E-state index is 11.4. The number of nitrogens with zero attached hydrogens (tertiary/aromatic N) is 2. The fourth-order valence-corrected chi connectivity index (χ4v) is 1.14. The smallest absolute Gasteiger partial charge is 0.325 e. The highest BCUT2D eigenvalue weighted by Crippen LogP contribution is 2.10. The number of anilines is 1. The number of carbonyl (C=O) groups excluding carboxylic acids is 1. The third-order valence-electron chi connectivity index (χ3n) is 1.98. The van der Waals surface area contributed by atoms with E-state index < -0.39 is 18.0 Å². The Kier molecular flexibility index (Phi) is 3.49. The van der Waals surface area contributed by atoms with E-state index in [1.807, 2.05) is 0 Å². The second kappa shape index (κ2) is 4.65. The summed E-state index contributed by atoms with van der Waals surface area (Å²) >= 11 is 0. The number of urea groups is 1. The van der Waals surface area contributed by atoms with Gasteiger partial charge in [0.05, 0.1) is 11.4 Å². The largest absolute Gasteiger partial charge is 0.480 e. The maximum atomic E-state index is 11.4. The minimum atomic E-state index is -1.09. The van der Waals surface area contributed by atoms with Gasteiger partial charge in [0.2, 0.25) is 0 Å². The highest BCUT2D eigenvalue weighted by molar-refractivity contribution is 5.92. The molecule has 0 saturated carbocycles. The second-order valence-electron chi connectivity index (χ2n) is 3.46. The van der Waals surface area contributed by atoms with E-state index in [9.17, 15) is 9.59 Å². The number of aryl methyl sites for hydroxylation is 2. The predicted molar refractivity (Wildman–Crippen MR) is 57.2 cm³/mol. The van der Waals surface area contributed by atoms with Crippen molar-refractivity contribution in [2.45, 2.75) is 19.9 Å². The van der Waals surface area contributed by atoms with E-state index in [4.69, 9.17) is 5.11 Å². The summed E-state index contributed by atoms with van der Waals surface area (Å²) < 4.78 is 1.56. The van der Waals surface area contributed by atoms with Crippen molar-refractivity contribution in [3.05, 3.63) is 11.9 Å². The molecule has 2 amide bonds. The average Bonchev–Trinajstić information content (AvgIpc) is 2.44. The molecule has 16 heavy (non-hydrogen) atoms. The molecule has 1 aromatic rings. The van der Waals surface area contributed by atoms with Crippen LogP contribution in [0.25, 0.3) is 0 Å². The number of carbonyl (C=O) groups is 2. The monoisotopic (exact) mass is 226 g/mol. The van der Waals surface area contributed by atoms with Crippen LogP contribution in [0.4, 0.5) is 10.5 Å². The minimum Gasteiger partial charge on any atom is -0.480 e. The topological polar surface area (TPSA) is 96.3 Å². The first-order valence-electron chi connectivity index (χ1n) is 4.70. The highest BCUT2D eigenvalue weighted by atomic mass is 16.4. The summed E-state index contributed by atoms with van der Waals surface area (Å²) in [6, 6.07) is -1.50. The quantitative estimate of drug-likeness (QED) is 0.691. The fourth-order valence-electron chi connectivity index (χ4n) is 1.14. The average molecular weight is 226 g/mol.